The average molecular weight is 166 g/mol. The van der Waals surface area contributed by atoms with Gasteiger partial charge in [-0.05, 0) is 19.4 Å². The molecule has 0 bridgehead atoms. The van der Waals surface area contributed by atoms with E-state index in [1.54, 1.807) is 0 Å². The minimum atomic E-state index is 0.708. The normalized spacial score (nSPS) is 11.0. The van der Waals surface area contributed by atoms with E-state index in [1.165, 1.54) is 5.69 Å². The predicted octanol–water partition coefficient (Wildman–Crippen LogP) is 1.18. The molecule has 0 unspecified atom stereocenters. The summed E-state index contributed by atoms with van der Waals surface area (Å²) in [5.41, 5.74) is 4.19. The van der Waals surface area contributed by atoms with Crippen molar-refractivity contribution >= 4 is 15.0 Å². The largest absolute Gasteiger partial charge is 0.350 e. The second-order valence-electron chi connectivity index (χ2n) is 3.09. The quantitative estimate of drug-likeness (QED) is 0.657. The zero-order valence-corrected chi connectivity index (χ0v) is 8.52. The molecule has 3 heteroatoms. The molecule has 1 aromatic rings. The van der Waals surface area contributed by atoms with Crippen LogP contribution in [0.15, 0.2) is 0 Å². The van der Waals surface area contributed by atoms with Crippen molar-refractivity contribution in [2.75, 3.05) is 0 Å². The van der Waals surface area contributed by atoms with Gasteiger partial charge in [-0.25, -0.2) is 4.98 Å². The molecule has 1 heterocycles. The van der Waals surface area contributed by atoms with Crippen molar-refractivity contribution in [2.45, 2.75) is 33.2 Å². The van der Waals surface area contributed by atoms with Crippen molar-refractivity contribution in [1.82, 2.24) is 9.97 Å². The molecule has 0 aliphatic rings. The number of aryl methyl sites for hydroxylation is 2. The van der Waals surface area contributed by atoms with Crippen LogP contribution in [0.25, 0.3) is 0 Å². The SMILES string of the molecule is Cc1nc([Si]C(C)C)[nH]c1C. The number of hydrogen-bond acceptors (Lipinski definition) is 1. The van der Waals surface area contributed by atoms with Gasteiger partial charge in [-0.2, -0.15) is 0 Å². The average Bonchev–Trinajstić information content (AvgIpc) is 2.10. The molecule has 60 valence electrons. The molecule has 2 radical (unpaired) electrons. The third kappa shape index (κ3) is 2.18. The van der Waals surface area contributed by atoms with Crippen molar-refractivity contribution in [3.05, 3.63) is 11.4 Å². The Labute approximate surface area is 70.3 Å². The van der Waals surface area contributed by atoms with E-state index >= 15 is 0 Å². The molecule has 0 fully saturated rings. The Morgan fingerprint density at radius 2 is 2.00 bits per heavy atom. The molecule has 0 atom stereocenters. The van der Waals surface area contributed by atoms with Gasteiger partial charge in [0.25, 0.3) is 0 Å². The summed E-state index contributed by atoms with van der Waals surface area (Å²) in [6.07, 6.45) is 0. The number of aromatic nitrogens is 2. The summed E-state index contributed by atoms with van der Waals surface area (Å²) >= 11 is 0. The molecule has 0 amide bonds. The van der Waals surface area contributed by atoms with Crippen LogP contribution in [0.3, 0.4) is 0 Å². The van der Waals surface area contributed by atoms with Gasteiger partial charge in [-0.1, -0.05) is 13.8 Å². The predicted molar refractivity (Wildman–Crippen MR) is 48.5 cm³/mol. The zero-order valence-electron chi connectivity index (χ0n) is 7.52. The third-order valence-electron chi connectivity index (χ3n) is 1.55. The molecule has 0 aromatic carbocycles. The number of nitrogens with one attached hydrogen (secondary N) is 1. The molecule has 0 spiro atoms. The number of hydrogen-bond donors (Lipinski definition) is 1. The lowest BCUT2D eigenvalue weighted by Gasteiger charge is -1.96. The fourth-order valence-electron chi connectivity index (χ4n) is 0.889. The Morgan fingerprint density at radius 1 is 1.36 bits per heavy atom. The molecule has 11 heavy (non-hydrogen) atoms. The van der Waals surface area contributed by atoms with Gasteiger partial charge in [-0.15, -0.1) is 0 Å². The lowest BCUT2D eigenvalue weighted by atomic mass is 10.4. The van der Waals surface area contributed by atoms with E-state index in [0.29, 0.717) is 5.54 Å². The molecule has 0 saturated carbocycles. The molecule has 1 rings (SSSR count). The highest BCUT2D eigenvalue weighted by Gasteiger charge is 2.04. The van der Waals surface area contributed by atoms with Crippen LogP contribution in [-0.4, -0.2) is 19.5 Å². The van der Waals surface area contributed by atoms with Crippen LogP contribution in [-0.2, 0) is 0 Å². The van der Waals surface area contributed by atoms with E-state index in [0.717, 1.165) is 20.7 Å². The van der Waals surface area contributed by atoms with Crippen LogP contribution >= 0.6 is 0 Å². The summed E-state index contributed by atoms with van der Waals surface area (Å²) < 4.78 is 0. The maximum atomic E-state index is 4.41. The van der Waals surface area contributed by atoms with Gasteiger partial charge in [0.15, 0.2) is 0 Å². The summed E-state index contributed by atoms with van der Waals surface area (Å²) in [5.74, 6) is 0. The van der Waals surface area contributed by atoms with Crippen LogP contribution in [0.4, 0.5) is 0 Å². The Kier molecular flexibility index (Phi) is 2.49. The second-order valence-corrected chi connectivity index (χ2v) is 5.01. The number of nitrogens with zero attached hydrogens (tertiary/aromatic N) is 1. The number of aromatic amines is 1. The topological polar surface area (TPSA) is 28.7 Å². The van der Waals surface area contributed by atoms with Gasteiger partial charge in [-0.3, -0.25) is 0 Å². The van der Waals surface area contributed by atoms with Crippen molar-refractivity contribution in [1.29, 1.82) is 0 Å². The lowest BCUT2D eigenvalue weighted by Crippen LogP contribution is -2.20. The van der Waals surface area contributed by atoms with Crippen molar-refractivity contribution in [2.24, 2.45) is 0 Å². The Hall–Kier alpha value is -0.573. The third-order valence-corrected chi connectivity index (χ3v) is 2.64. The summed E-state index contributed by atoms with van der Waals surface area (Å²) in [5, 5.41) is 0. The highest BCUT2D eigenvalue weighted by molar-refractivity contribution is 6.52. The zero-order chi connectivity index (χ0) is 8.43. The highest BCUT2D eigenvalue weighted by Crippen LogP contribution is 1.99. The number of H-pyrrole nitrogens is 1. The molecular formula is C8H14N2Si. The van der Waals surface area contributed by atoms with E-state index in [9.17, 15) is 0 Å². The molecule has 1 N–H and O–H groups in total. The number of imidazole rings is 1. The van der Waals surface area contributed by atoms with Gasteiger partial charge >= 0.3 is 0 Å². The smallest absolute Gasteiger partial charge is 0.135 e. The van der Waals surface area contributed by atoms with Crippen LogP contribution in [0.5, 0.6) is 0 Å². The fraction of sp³-hybridized carbons (Fsp3) is 0.625. The van der Waals surface area contributed by atoms with Gasteiger partial charge < -0.3 is 4.98 Å². The van der Waals surface area contributed by atoms with Crippen LogP contribution < -0.4 is 5.45 Å². The van der Waals surface area contributed by atoms with Gasteiger partial charge in [0.1, 0.15) is 9.52 Å². The Morgan fingerprint density at radius 3 is 2.36 bits per heavy atom. The van der Waals surface area contributed by atoms with Crippen LogP contribution in [0.2, 0.25) is 5.54 Å². The first kappa shape index (κ1) is 8.52. The van der Waals surface area contributed by atoms with Crippen molar-refractivity contribution in [3.63, 3.8) is 0 Å². The minimum absolute atomic E-state index is 0.708. The molecule has 0 saturated heterocycles. The maximum Gasteiger partial charge on any atom is 0.135 e. The monoisotopic (exact) mass is 166 g/mol. The first-order valence-corrected chi connectivity index (χ1v) is 4.97. The first-order valence-electron chi connectivity index (χ1n) is 3.89. The second kappa shape index (κ2) is 3.22. The molecule has 0 aliphatic carbocycles. The molecular weight excluding hydrogens is 152 g/mol. The summed E-state index contributed by atoms with van der Waals surface area (Å²) in [4.78, 5) is 7.68. The van der Waals surface area contributed by atoms with E-state index in [-0.39, 0.29) is 0 Å². The lowest BCUT2D eigenvalue weighted by molar-refractivity contribution is 1.06. The summed E-state index contributed by atoms with van der Waals surface area (Å²) in [7, 11) is 0.811. The maximum absolute atomic E-state index is 4.41. The number of rotatable bonds is 2. The highest BCUT2D eigenvalue weighted by atomic mass is 28.2. The fourth-order valence-corrected chi connectivity index (χ4v) is 1.93. The van der Waals surface area contributed by atoms with E-state index in [2.05, 4.69) is 30.7 Å². The van der Waals surface area contributed by atoms with E-state index < -0.39 is 0 Å². The van der Waals surface area contributed by atoms with Gasteiger partial charge in [0.2, 0.25) is 0 Å². The molecule has 0 aliphatic heterocycles. The standard InChI is InChI=1S/C8H14N2Si/c1-5(2)11-8-9-6(3)7(4)10-8/h5H,1-4H3,(H,9,10). The molecule has 1 aromatic heterocycles. The Bertz CT molecular complexity index is 221. The Balaban J connectivity index is 2.73. The van der Waals surface area contributed by atoms with Crippen LogP contribution in [0.1, 0.15) is 25.2 Å². The van der Waals surface area contributed by atoms with Crippen molar-refractivity contribution < 1.29 is 0 Å². The minimum Gasteiger partial charge on any atom is -0.350 e. The van der Waals surface area contributed by atoms with E-state index in [1.807, 2.05) is 6.92 Å². The molecule has 2 nitrogen and oxygen atoms in total. The summed E-state index contributed by atoms with van der Waals surface area (Å²) in [6.45, 7) is 8.54. The van der Waals surface area contributed by atoms with Gasteiger partial charge in [0, 0.05) is 5.69 Å². The van der Waals surface area contributed by atoms with Gasteiger partial charge in [0.05, 0.1) is 11.1 Å². The van der Waals surface area contributed by atoms with Crippen molar-refractivity contribution in [3.8, 4) is 0 Å². The first-order chi connectivity index (χ1) is 5.09. The van der Waals surface area contributed by atoms with E-state index in [4.69, 9.17) is 0 Å². The summed E-state index contributed by atoms with van der Waals surface area (Å²) in [6, 6.07) is 0. The van der Waals surface area contributed by atoms with Crippen LogP contribution in [0, 0.1) is 13.8 Å².